The van der Waals surface area contributed by atoms with Gasteiger partial charge < -0.3 is 14.7 Å². The molecule has 19 heavy (non-hydrogen) atoms. The predicted molar refractivity (Wildman–Crippen MR) is 73.9 cm³/mol. The van der Waals surface area contributed by atoms with Crippen molar-refractivity contribution >= 4 is 5.91 Å². The van der Waals surface area contributed by atoms with Gasteiger partial charge in [0.05, 0.1) is 12.2 Å². The number of carbonyl (C=O) groups is 1. The van der Waals surface area contributed by atoms with Gasteiger partial charge in [-0.1, -0.05) is 12.8 Å². The Balaban J connectivity index is 1.78. The number of likely N-dealkylation sites (tertiary alicyclic amines) is 1. The third-order valence-corrected chi connectivity index (χ3v) is 4.31. The smallest absolute Gasteiger partial charge is 0.251 e. The first kappa shape index (κ1) is 14.8. The van der Waals surface area contributed by atoms with Crippen molar-refractivity contribution in [2.75, 3.05) is 13.1 Å². The van der Waals surface area contributed by atoms with Crippen LogP contribution in [0.3, 0.4) is 0 Å². The van der Waals surface area contributed by atoms with Gasteiger partial charge in [-0.2, -0.15) is 0 Å². The third-order valence-electron chi connectivity index (χ3n) is 4.31. The Morgan fingerprint density at radius 1 is 1.11 bits per heavy atom. The Morgan fingerprint density at radius 3 is 2.26 bits per heavy atom. The molecule has 1 amide bonds. The summed E-state index contributed by atoms with van der Waals surface area (Å²) in [6, 6.07) is 0. The monoisotopic (exact) mass is 269 g/mol. The lowest BCUT2D eigenvalue weighted by Gasteiger charge is -2.30. The van der Waals surface area contributed by atoms with Crippen molar-refractivity contribution in [3.8, 4) is 0 Å². The lowest BCUT2D eigenvalue weighted by molar-refractivity contribution is -0.148. The van der Waals surface area contributed by atoms with E-state index in [0.717, 1.165) is 51.6 Å². The average Bonchev–Trinajstić information content (AvgIpc) is 2.69. The molecule has 2 fully saturated rings. The molecule has 4 nitrogen and oxygen atoms in total. The molecule has 0 bridgehead atoms. The van der Waals surface area contributed by atoms with E-state index in [2.05, 4.69) is 0 Å². The number of ether oxygens (including phenoxy) is 1. The molecule has 0 aromatic heterocycles. The highest BCUT2D eigenvalue weighted by molar-refractivity contribution is 5.80. The van der Waals surface area contributed by atoms with Crippen LogP contribution in [-0.4, -0.2) is 47.3 Å². The van der Waals surface area contributed by atoms with Crippen LogP contribution in [0.4, 0.5) is 0 Å². The molecule has 0 radical (unpaired) electrons. The Bertz CT molecular complexity index is 279. The summed E-state index contributed by atoms with van der Waals surface area (Å²) in [5.74, 6) is 0.146. The largest absolute Gasteiger partial charge is 0.393 e. The predicted octanol–water partition coefficient (Wildman–Crippen LogP) is 2.10. The Kier molecular flexibility index (Phi) is 5.64. The summed E-state index contributed by atoms with van der Waals surface area (Å²) in [7, 11) is 0. The first-order chi connectivity index (χ1) is 9.16. The van der Waals surface area contributed by atoms with Crippen LogP contribution in [0.25, 0.3) is 0 Å². The molecular weight excluding hydrogens is 242 g/mol. The second kappa shape index (κ2) is 7.25. The SMILES string of the molecule is CC(OC1CCC(O)CC1)C(=O)N1CCCCCC1. The molecule has 0 aromatic carbocycles. The molecule has 1 saturated carbocycles. The number of hydrogen-bond donors (Lipinski definition) is 1. The Morgan fingerprint density at radius 2 is 1.68 bits per heavy atom. The zero-order valence-corrected chi connectivity index (χ0v) is 12.0. The standard InChI is InChI=1S/C15H27NO3/c1-12(19-14-8-6-13(17)7-9-14)15(18)16-10-4-2-3-5-11-16/h12-14,17H,2-11H2,1H3. The van der Waals surface area contributed by atoms with E-state index in [1.54, 1.807) is 0 Å². The number of amides is 1. The first-order valence-corrected chi connectivity index (χ1v) is 7.79. The molecule has 1 aliphatic carbocycles. The normalized spacial score (nSPS) is 30.7. The molecule has 0 spiro atoms. The van der Waals surface area contributed by atoms with Crippen LogP contribution in [0.15, 0.2) is 0 Å². The number of aliphatic hydroxyl groups excluding tert-OH is 1. The third kappa shape index (κ3) is 4.46. The van der Waals surface area contributed by atoms with Gasteiger partial charge in [-0.25, -0.2) is 0 Å². The summed E-state index contributed by atoms with van der Waals surface area (Å²) in [4.78, 5) is 14.3. The van der Waals surface area contributed by atoms with E-state index >= 15 is 0 Å². The molecule has 1 unspecified atom stereocenters. The maximum atomic E-state index is 12.3. The van der Waals surface area contributed by atoms with Gasteiger partial charge in [-0.15, -0.1) is 0 Å². The summed E-state index contributed by atoms with van der Waals surface area (Å²) >= 11 is 0. The first-order valence-electron chi connectivity index (χ1n) is 7.79. The second-order valence-electron chi connectivity index (χ2n) is 5.95. The van der Waals surface area contributed by atoms with Crippen LogP contribution in [-0.2, 0) is 9.53 Å². The zero-order chi connectivity index (χ0) is 13.7. The van der Waals surface area contributed by atoms with Gasteiger partial charge in [0.15, 0.2) is 0 Å². The minimum Gasteiger partial charge on any atom is -0.393 e. The summed E-state index contributed by atoms with van der Waals surface area (Å²) in [5, 5.41) is 9.47. The fraction of sp³-hybridized carbons (Fsp3) is 0.933. The highest BCUT2D eigenvalue weighted by atomic mass is 16.5. The van der Waals surface area contributed by atoms with Crippen molar-refractivity contribution in [3.63, 3.8) is 0 Å². The van der Waals surface area contributed by atoms with Gasteiger partial charge in [-0.05, 0) is 45.4 Å². The number of rotatable bonds is 3. The number of hydrogen-bond acceptors (Lipinski definition) is 3. The molecular formula is C15H27NO3. The van der Waals surface area contributed by atoms with Crippen LogP contribution in [0.1, 0.15) is 58.3 Å². The van der Waals surface area contributed by atoms with E-state index in [4.69, 9.17) is 4.74 Å². The fourth-order valence-electron chi connectivity index (χ4n) is 3.08. The van der Waals surface area contributed by atoms with Gasteiger partial charge in [0.2, 0.25) is 0 Å². The van der Waals surface area contributed by atoms with Crippen LogP contribution in [0.2, 0.25) is 0 Å². The van der Waals surface area contributed by atoms with Gasteiger partial charge in [0.1, 0.15) is 6.10 Å². The summed E-state index contributed by atoms with van der Waals surface area (Å²) < 4.78 is 5.89. The molecule has 1 heterocycles. The minimum absolute atomic E-state index is 0.146. The summed E-state index contributed by atoms with van der Waals surface area (Å²) in [6.07, 6.45) is 7.70. The lowest BCUT2D eigenvalue weighted by atomic mass is 9.95. The van der Waals surface area contributed by atoms with Crippen molar-refractivity contribution in [3.05, 3.63) is 0 Å². The molecule has 2 rings (SSSR count). The van der Waals surface area contributed by atoms with Crippen molar-refractivity contribution in [1.29, 1.82) is 0 Å². The molecule has 4 heteroatoms. The van der Waals surface area contributed by atoms with Crippen molar-refractivity contribution < 1.29 is 14.6 Å². The van der Waals surface area contributed by atoms with Crippen LogP contribution < -0.4 is 0 Å². The van der Waals surface area contributed by atoms with Crippen molar-refractivity contribution in [1.82, 2.24) is 4.90 Å². The molecule has 1 aliphatic heterocycles. The van der Waals surface area contributed by atoms with E-state index < -0.39 is 0 Å². The number of aliphatic hydroxyl groups is 1. The zero-order valence-electron chi connectivity index (χ0n) is 12.0. The Hall–Kier alpha value is -0.610. The van der Waals surface area contributed by atoms with E-state index in [-0.39, 0.29) is 24.2 Å². The molecule has 2 aliphatic rings. The minimum atomic E-state index is -0.335. The number of carbonyl (C=O) groups excluding carboxylic acids is 1. The highest BCUT2D eigenvalue weighted by Gasteiger charge is 2.27. The van der Waals surface area contributed by atoms with Crippen molar-refractivity contribution in [2.24, 2.45) is 0 Å². The Labute approximate surface area is 116 Å². The van der Waals surface area contributed by atoms with Crippen molar-refractivity contribution in [2.45, 2.75) is 76.6 Å². The second-order valence-corrected chi connectivity index (χ2v) is 5.95. The van der Waals surface area contributed by atoms with Crippen LogP contribution in [0, 0.1) is 0 Å². The van der Waals surface area contributed by atoms with E-state index in [1.807, 2.05) is 11.8 Å². The molecule has 0 aromatic rings. The number of nitrogens with zero attached hydrogens (tertiary/aromatic N) is 1. The van der Waals surface area contributed by atoms with Crippen LogP contribution in [0.5, 0.6) is 0 Å². The van der Waals surface area contributed by atoms with Crippen LogP contribution >= 0.6 is 0 Å². The van der Waals surface area contributed by atoms with Gasteiger partial charge in [0.25, 0.3) is 5.91 Å². The van der Waals surface area contributed by atoms with E-state index in [9.17, 15) is 9.90 Å². The fourth-order valence-corrected chi connectivity index (χ4v) is 3.08. The highest BCUT2D eigenvalue weighted by Crippen LogP contribution is 2.22. The van der Waals surface area contributed by atoms with E-state index in [1.165, 1.54) is 12.8 Å². The van der Waals surface area contributed by atoms with E-state index in [0.29, 0.717) is 0 Å². The maximum Gasteiger partial charge on any atom is 0.251 e. The topological polar surface area (TPSA) is 49.8 Å². The van der Waals surface area contributed by atoms with Gasteiger partial charge in [-0.3, -0.25) is 4.79 Å². The molecule has 1 N–H and O–H groups in total. The quantitative estimate of drug-likeness (QED) is 0.853. The summed E-state index contributed by atoms with van der Waals surface area (Å²) in [5.41, 5.74) is 0. The summed E-state index contributed by atoms with van der Waals surface area (Å²) in [6.45, 7) is 3.64. The van der Waals surface area contributed by atoms with Gasteiger partial charge >= 0.3 is 0 Å². The lowest BCUT2D eigenvalue weighted by Crippen LogP contribution is -2.41. The maximum absolute atomic E-state index is 12.3. The average molecular weight is 269 g/mol. The van der Waals surface area contributed by atoms with Gasteiger partial charge in [0, 0.05) is 13.1 Å². The molecule has 1 atom stereocenters. The molecule has 110 valence electrons. The molecule has 1 saturated heterocycles.